The SMILES string of the molecule is CC(=Nc1c(C)cccc1Cl)c1cc(Cl)cc([N+](=O)[O-])c1O.[CH3-].[Ni]. The van der Waals surface area contributed by atoms with Gasteiger partial charge in [-0.2, -0.15) is 0 Å². The molecule has 24 heavy (non-hydrogen) atoms. The molecule has 0 heterocycles. The summed E-state index contributed by atoms with van der Waals surface area (Å²) in [7, 11) is 0. The van der Waals surface area contributed by atoms with E-state index in [-0.39, 0.29) is 34.5 Å². The first-order valence-corrected chi connectivity index (χ1v) is 7.04. The third-order valence-corrected chi connectivity index (χ3v) is 3.63. The van der Waals surface area contributed by atoms with Crippen LogP contribution in [0.1, 0.15) is 18.1 Å². The van der Waals surface area contributed by atoms with Crippen LogP contribution in [-0.4, -0.2) is 15.7 Å². The molecule has 132 valence electrons. The van der Waals surface area contributed by atoms with Crippen molar-refractivity contribution in [3.05, 3.63) is 69.0 Å². The number of nitrogens with zero attached hydrogens (tertiary/aromatic N) is 2. The van der Waals surface area contributed by atoms with E-state index in [0.29, 0.717) is 16.4 Å². The molecule has 1 N–H and O–H groups in total. The number of hydrogen-bond donors (Lipinski definition) is 1. The molecule has 2 aromatic carbocycles. The van der Waals surface area contributed by atoms with Gasteiger partial charge in [0.15, 0.2) is 0 Å². The molecule has 0 aromatic heterocycles. The van der Waals surface area contributed by atoms with Crippen LogP contribution >= 0.6 is 23.2 Å². The van der Waals surface area contributed by atoms with Gasteiger partial charge in [-0.15, -0.1) is 0 Å². The Balaban J connectivity index is 0.00000264. The molecular weight excluding hydrogens is 398 g/mol. The molecule has 0 saturated heterocycles. The van der Waals surface area contributed by atoms with Crippen LogP contribution in [0.4, 0.5) is 11.4 Å². The first kappa shape index (κ1) is 22.4. The van der Waals surface area contributed by atoms with Gasteiger partial charge in [0, 0.05) is 38.9 Å². The maximum atomic E-state index is 10.9. The Kier molecular flexibility index (Phi) is 8.41. The molecule has 0 radical (unpaired) electrons. The second-order valence-electron chi connectivity index (χ2n) is 4.68. The van der Waals surface area contributed by atoms with E-state index in [4.69, 9.17) is 23.2 Å². The first-order valence-electron chi connectivity index (χ1n) is 6.29. The predicted octanol–water partition coefficient (Wildman–Crippen LogP) is 5.50. The Morgan fingerprint density at radius 2 is 1.92 bits per heavy atom. The number of hydrogen-bond acceptors (Lipinski definition) is 4. The smallest absolute Gasteiger partial charge is 0.312 e. The number of benzene rings is 2. The summed E-state index contributed by atoms with van der Waals surface area (Å²) >= 11 is 12.0. The average Bonchev–Trinajstić information content (AvgIpc) is 2.44. The van der Waals surface area contributed by atoms with E-state index in [1.807, 2.05) is 13.0 Å². The minimum absolute atomic E-state index is 0. The summed E-state index contributed by atoms with van der Waals surface area (Å²) in [5.74, 6) is -0.472. The summed E-state index contributed by atoms with van der Waals surface area (Å²) < 4.78 is 0. The van der Waals surface area contributed by atoms with E-state index in [1.54, 1.807) is 19.1 Å². The fourth-order valence-electron chi connectivity index (χ4n) is 1.99. The van der Waals surface area contributed by atoms with E-state index in [9.17, 15) is 15.2 Å². The van der Waals surface area contributed by atoms with Crippen LogP contribution in [0.25, 0.3) is 0 Å². The van der Waals surface area contributed by atoms with E-state index in [2.05, 4.69) is 4.99 Å². The average molecular weight is 413 g/mol. The molecule has 0 saturated carbocycles. The number of rotatable bonds is 3. The van der Waals surface area contributed by atoms with Gasteiger partial charge in [0.2, 0.25) is 5.75 Å². The third kappa shape index (κ3) is 4.70. The molecule has 0 fully saturated rings. The summed E-state index contributed by atoms with van der Waals surface area (Å²) in [4.78, 5) is 14.6. The van der Waals surface area contributed by atoms with Crippen molar-refractivity contribution in [3.8, 4) is 5.75 Å². The summed E-state index contributed by atoms with van der Waals surface area (Å²) in [6.07, 6.45) is 0. The molecule has 2 rings (SSSR count). The standard InChI is InChI=1S/C15H12Cl2N2O3.CH3.Ni/c1-8-4-3-5-12(17)14(8)18-9(2)11-6-10(16)7-13(15(11)20)19(21)22;;/h3-7,20H,1-2H3;1H3;/q;-1;. The number of halogens is 2. The van der Waals surface area contributed by atoms with E-state index in [0.717, 1.165) is 11.6 Å². The summed E-state index contributed by atoms with van der Waals surface area (Å²) in [6, 6.07) is 7.86. The molecule has 0 unspecified atom stereocenters. The zero-order valence-corrected chi connectivity index (χ0v) is 15.6. The molecular formula is C16H15Cl2N2NiO3-. The van der Waals surface area contributed by atoms with Gasteiger partial charge in [0.05, 0.1) is 15.6 Å². The number of aromatic hydroxyl groups is 1. The van der Waals surface area contributed by atoms with Crippen molar-refractivity contribution < 1.29 is 26.5 Å². The normalized spacial score (nSPS) is 10.6. The number of nitro benzene ring substituents is 1. The Hall–Kier alpha value is -1.62. The van der Waals surface area contributed by atoms with Crippen molar-refractivity contribution in [2.75, 3.05) is 0 Å². The molecule has 0 bridgehead atoms. The van der Waals surface area contributed by atoms with E-state index >= 15 is 0 Å². The van der Waals surface area contributed by atoms with Gasteiger partial charge in [-0.3, -0.25) is 15.1 Å². The first-order chi connectivity index (χ1) is 10.3. The molecule has 0 atom stereocenters. The maximum absolute atomic E-state index is 10.9. The molecule has 5 nitrogen and oxygen atoms in total. The summed E-state index contributed by atoms with van der Waals surface area (Å²) in [5, 5.41) is 21.6. The van der Waals surface area contributed by atoms with Gasteiger partial charge in [-0.25, -0.2) is 0 Å². The molecule has 0 spiro atoms. The van der Waals surface area contributed by atoms with E-state index in [1.165, 1.54) is 6.07 Å². The minimum atomic E-state index is -0.696. The monoisotopic (exact) mass is 411 g/mol. The van der Waals surface area contributed by atoms with Crippen LogP contribution in [0, 0.1) is 24.5 Å². The zero-order chi connectivity index (χ0) is 16.4. The van der Waals surface area contributed by atoms with Crippen molar-refractivity contribution in [2.45, 2.75) is 13.8 Å². The Morgan fingerprint density at radius 1 is 1.29 bits per heavy atom. The van der Waals surface area contributed by atoms with Crippen LogP contribution in [0.2, 0.25) is 10.0 Å². The largest absolute Gasteiger partial charge is 0.502 e. The van der Waals surface area contributed by atoms with Crippen LogP contribution in [0.3, 0.4) is 0 Å². The van der Waals surface area contributed by atoms with Crippen molar-refractivity contribution in [2.24, 2.45) is 4.99 Å². The number of phenols is 1. The molecule has 0 aliphatic heterocycles. The Bertz CT molecular complexity index is 775. The number of aryl methyl sites for hydroxylation is 1. The maximum Gasteiger partial charge on any atom is 0.312 e. The minimum Gasteiger partial charge on any atom is -0.502 e. The Morgan fingerprint density at radius 3 is 2.46 bits per heavy atom. The van der Waals surface area contributed by atoms with Crippen molar-refractivity contribution in [1.82, 2.24) is 0 Å². The van der Waals surface area contributed by atoms with E-state index < -0.39 is 16.4 Å². The number of para-hydroxylation sites is 1. The topological polar surface area (TPSA) is 75.7 Å². The quantitative estimate of drug-likeness (QED) is 0.237. The van der Waals surface area contributed by atoms with Crippen molar-refractivity contribution in [1.29, 1.82) is 0 Å². The van der Waals surface area contributed by atoms with Gasteiger partial charge < -0.3 is 12.5 Å². The second-order valence-corrected chi connectivity index (χ2v) is 5.52. The van der Waals surface area contributed by atoms with Crippen molar-refractivity contribution >= 4 is 40.3 Å². The van der Waals surface area contributed by atoms with Crippen LogP contribution in [0.5, 0.6) is 5.75 Å². The summed E-state index contributed by atoms with van der Waals surface area (Å²) in [6.45, 7) is 3.47. The molecule has 2 aromatic rings. The second kappa shape index (κ2) is 9.02. The number of phenolic OH excluding ortho intramolecular Hbond substituents is 1. The van der Waals surface area contributed by atoms with Crippen molar-refractivity contribution in [3.63, 3.8) is 0 Å². The van der Waals surface area contributed by atoms with Gasteiger partial charge in [-0.05, 0) is 31.5 Å². The van der Waals surface area contributed by atoms with Gasteiger partial charge >= 0.3 is 5.69 Å². The van der Waals surface area contributed by atoms with Gasteiger partial charge in [-0.1, -0.05) is 35.3 Å². The number of aliphatic imine (C=N–C) groups is 1. The van der Waals surface area contributed by atoms with Gasteiger partial charge in [0.25, 0.3) is 0 Å². The third-order valence-electron chi connectivity index (χ3n) is 3.11. The summed E-state index contributed by atoms with van der Waals surface area (Å²) in [5.41, 5.74) is 1.50. The fourth-order valence-corrected chi connectivity index (χ4v) is 2.47. The molecule has 0 amide bonds. The van der Waals surface area contributed by atoms with Gasteiger partial charge in [0.1, 0.15) is 0 Å². The molecule has 0 aliphatic carbocycles. The van der Waals surface area contributed by atoms with Crippen LogP contribution in [-0.2, 0) is 16.5 Å². The van der Waals surface area contributed by atoms with Crippen LogP contribution in [0.15, 0.2) is 35.3 Å². The number of nitro groups is 1. The Labute approximate surface area is 160 Å². The molecule has 8 heteroatoms. The fraction of sp³-hybridized carbons (Fsp3) is 0.125. The molecule has 0 aliphatic rings. The predicted molar refractivity (Wildman–Crippen MR) is 94.2 cm³/mol. The van der Waals surface area contributed by atoms with Crippen LogP contribution < -0.4 is 0 Å². The zero-order valence-electron chi connectivity index (χ0n) is 13.1.